The molecule has 2 aromatic heterocycles. The number of thiophene rings is 1. The van der Waals surface area contributed by atoms with E-state index in [1.807, 2.05) is 52.4 Å². The Hall–Kier alpha value is -2.12. The summed E-state index contributed by atoms with van der Waals surface area (Å²) < 4.78 is 1.86. The molecule has 5 nitrogen and oxygen atoms in total. The van der Waals surface area contributed by atoms with Crippen molar-refractivity contribution in [2.75, 3.05) is 5.75 Å². The maximum Gasteiger partial charge on any atom is 0.196 e. The molecule has 2 heterocycles. The number of aliphatic carboxylic acids is 1. The second-order valence-electron chi connectivity index (χ2n) is 4.12. The molecular formula is C14H10N3O2S2-. The summed E-state index contributed by atoms with van der Waals surface area (Å²) in [5.41, 5.74) is 0.895. The van der Waals surface area contributed by atoms with E-state index in [1.54, 1.807) is 11.3 Å². The van der Waals surface area contributed by atoms with Crippen LogP contribution in [0.3, 0.4) is 0 Å². The van der Waals surface area contributed by atoms with Crippen molar-refractivity contribution in [2.45, 2.75) is 5.16 Å². The predicted octanol–water partition coefficient (Wildman–Crippen LogP) is 1.84. The fourth-order valence-corrected chi connectivity index (χ4v) is 3.23. The highest BCUT2D eigenvalue weighted by Gasteiger charge is 2.16. The Morgan fingerprint density at radius 2 is 2.00 bits per heavy atom. The van der Waals surface area contributed by atoms with E-state index in [4.69, 9.17) is 0 Å². The first-order valence-electron chi connectivity index (χ1n) is 6.13. The zero-order valence-corrected chi connectivity index (χ0v) is 12.4. The maximum absolute atomic E-state index is 10.7. The number of benzene rings is 1. The van der Waals surface area contributed by atoms with Gasteiger partial charge in [0.1, 0.15) is 0 Å². The molecule has 0 fully saturated rings. The second kappa shape index (κ2) is 6.11. The van der Waals surface area contributed by atoms with Gasteiger partial charge in [0.05, 0.1) is 10.8 Å². The van der Waals surface area contributed by atoms with Crippen molar-refractivity contribution in [1.82, 2.24) is 14.8 Å². The highest BCUT2D eigenvalue weighted by Crippen LogP contribution is 2.30. The molecule has 0 spiro atoms. The van der Waals surface area contributed by atoms with Crippen LogP contribution in [0, 0.1) is 0 Å². The van der Waals surface area contributed by atoms with Gasteiger partial charge in [-0.1, -0.05) is 36.0 Å². The van der Waals surface area contributed by atoms with Gasteiger partial charge in [-0.05, 0) is 23.6 Å². The number of carbonyl (C=O) groups is 1. The Labute approximate surface area is 129 Å². The van der Waals surface area contributed by atoms with E-state index in [9.17, 15) is 9.90 Å². The van der Waals surface area contributed by atoms with Crippen LogP contribution in [-0.4, -0.2) is 26.5 Å². The number of rotatable bonds is 5. The van der Waals surface area contributed by atoms with Crippen molar-refractivity contribution < 1.29 is 9.90 Å². The van der Waals surface area contributed by atoms with Gasteiger partial charge < -0.3 is 9.90 Å². The minimum atomic E-state index is -1.12. The minimum Gasteiger partial charge on any atom is -0.549 e. The van der Waals surface area contributed by atoms with Crippen molar-refractivity contribution in [3.05, 3.63) is 47.8 Å². The van der Waals surface area contributed by atoms with Gasteiger partial charge in [-0.2, -0.15) is 0 Å². The molecule has 3 rings (SSSR count). The van der Waals surface area contributed by atoms with Crippen LogP contribution >= 0.6 is 23.1 Å². The number of hydrogen-bond acceptors (Lipinski definition) is 6. The van der Waals surface area contributed by atoms with Crippen molar-refractivity contribution in [3.63, 3.8) is 0 Å². The number of nitrogens with zero attached hydrogens (tertiary/aromatic N) is 3. The lowest BCUT2D eigenvalue weighted by molar-refractivity contribution is -0.301. The molecule has 0 unspecified atom stereocenters. The van der Waals surface area contributed by atoms with Crippen LogP contribution in [0.25, 0.3) is 16.4 Å². The van der Waals surface area contributed by atoms with E-state index >= 15 is 0 Å². The fourth-order valence-electron chi connectivity index (χ4n) is 1.86. The first-order valence-corrected chi connectivity index (χ1v) is 7.99. The molecular weight excluding hydrogens is 306 g/mol. The van der Waals surface area contributed by atoms with Crippen molar-refractivity contribution in [1.29, 1.82) is 0 Å². The molecule has 0 radical (unpaired) electrons. The summed E-state index contributed by atoms with van der Waals surface area (Å²) >= 11 is 2.66. The largest absolute Gasteiger partial charge is 0.549 e. The van der Waals surface area contributed by atoms with Gasteiger partial charge in [0.2, 0.25) is 0 Å². The van der Waals surface area contributed by atoms with Gasteiger partial charge in [-0.25, -0.2) is 0 Å². The highest BCUT2D eigenvalue weighted by atomic mass is 32.2. The normalized spacial score (nSPS) is 10.7. The molecule has 0 aliphatic rings. The zero-order chi connectivity index (χ0) is 14.7. The standard InChI is InChI=1S/C14H11N3O2S2/c18-12(19)9-21-14-16-15-13(11-7-4-8-20-11)17(14)10-5-2-1-3-6-10/h1-8H,9H2,(H,18,19)/p-1. The Bertz CT molecular complexity index is 739. The van der Waals surface area contributed by atoms with Crippen LogP contribution in [-0.2, 0) is 4.79 Å². The molecule has 0 aliphatic carbocycles. The van der Waals surface area contributed by atoms with Crippen LogP contribution < -0.4 is 5.11 Å². The van der Waals surface area contributed by atoms with E-state index in [0.29, 0.717) is 11.0 Å². The highest BCUT2D eigenvalue weighted by molar-refractivity contribution is 7.99. The number of aromatic nitrogens is 3. The van der Waals surface area contributed by atoms with E-state index < -0.39 is 5.97 Å². The number of carboxylic acids is 1. The van der Waals surface area contributed by atoms with Crippen LogP contribution in [0.4, 0.5) is 0 Å². The molecule has 0 atom stereocenters. The van der Waals surface area contributed by atoms with Gasteiger partial charge in [0.25, 0.3) is 0 Å². The molecule has 0 saturated heterocycles. The maximum atomic E-state index is 10.7. The smallest absolute Gasteiger partial charge is 0.196 e. The van der Waals surface area contributed by atoms with E-state index in [-0.39, 0.29) is 5.75 Å². The van der Waals surface area contributed by atoms with E-state index in [2.05, 4.69) is 10.2 Å². The summed E-state index contributed by atoms with van der Waals surface area (Å²) in [4.78, 5) is 11.6. The lowest BCUT2D eigenvalue weighted by Crippen LogP contribution is -2.24. The van der Waals surface area contributed by atoms with Crippen molar-refractivity contribution in [2.24, 2.45) is 0 Å². The molecule has 7 heteroatoms. The molecule has 106 valence electrons. The number of thioether (sulfide) groups is 1. The molecule has 0 aliphatic heterocycles. The molecule has 3 aromatic rings. The molecule has 0 bridgehead atoms. The summed E-state index contributed by atoms with van der Waals surface area (Å²) in [6.07, 6.45) is 0. The van der Waals surface area contributed by atoms with Gasteiger partial charge in [0, 0.05) is 11.4 Å². The topological polar surface area (TPSA) is 70.8 Å². The van der Waals surface area contributed by atoms with Gasteiger partial charge in [0.15, 0.2) is 11.0 Å². The Balaban J connectivity index is 2.08. The summed E-state index contributed by atoms with van der Waals surface area (Å²) in [6.45, 7) is 0. The van der Waals surface area contributed by atoms with Crippen LogP contribution in [0.2, 0.25) is 0 Å². The quantitative estimate of drug-likeness (QED) is 0.672. The van der Waals surface area contributed by atoms with Gasteiger partial charge in [-0.15, -0.1) is 21.5 Å². The summed E-state index contributed by atoms with van der Waals surface area (Å²) in [7, 11) is 0. The summed E-state index contributed by atoms with van der Waals surface area (Å²) in [5.74, 6) is -0.576. The van der Waals surface area contributed by atoms with Crippen LogP contribution in [0.5, 0.6) is 0 Å². The Morgan fingerprint density at radius 1 is 1.19 bits per heavy atom. The molecule has 0 N–H and O–H groups in total. The third-order valence-electron chi connectivity index (χ3n) is 2.71. The Morgan fingerprint density at radius 3 is 2.67 bits per heavy atom. The van der Waals surface area contributed by atoms with Crippen LogP contribution in [0.1, 0.15) is 0 Å². The molecule has 1 aromatic carbocycles. The Kier molecular flexibility index (Phi) is 4.03. The van der Waals surface area contributed by atoms with Crippen molar-refractivity contribution in [3.8, 4) is 16.4 Å². The van der Waals surface area contributed by atoms with E-state index in [1.165, 1.54) is 0 Å². The van der Waals surface area contributed by atoms with Crippen molar-refractivity contribution >= 4 is 29.1 Å². The average molecular weight is 316 g/mol. The fraction of sp³-hybridized carbons (Fsp3) is 0.0714. The minimum absolute atomic E-state index is 0.157. The third-order valence-corrected chi connectivity index (χ3v) is 4.48. The number of hydrogen-bond donors (Lipinski definition) is 0. The number of para-hydroxylation sites is 1. The lowest BCUT2D eigenvalue weighted by atomic mass is 10.3. The number of carbonyl (C=O) groups excluding carboxylic acids is 1. The summed E-state index contributed by atoms with van der Waals surface area (Å²) in [5, 5.41) is 21.5. The first-order chi connectivity index (χ1) is 10.3. The van der Waals surface area contributed by atoms with Gasteiger partial charge >= 0.3 is 0 Å². The molecule has 21 heavy (non-hydrogen) atoms. The van der Waals surface area contributed by atoms with Crippen LogP contribution in [0.15, 0.2) is 53.0 Å². The second-order valence-corrected chi connectivity index (χ2v) is 6.01. The molecule has 0 amide bonds. The third kappa shape index (κ3) is 2.98. The van der Waals surface area contributed by atoms with Gasteiger partial charge in [-0.3, -0.25) is 4.57 Å². The average Bonchev–Trinajstić information content (AvgIpc) is 3.15. The number of carboxylic acid groups (broad SMARTS) is 1. The predicted molar refractivity (Wildman–Crippen MR) is 80.4 cm³/mol. The SMILES string of the molecule is O=C([O-])CSc1nnc(-c2cccs2)n1-c1ccccc1. The lowest BCUT2D eigenvalue weighted by Gasteiger charge is -2.09. The monoisotopic (exact) mass is 316 g/mol. The molecule has 0 saturated carbocycles. The van der Waals surface area contributed by atoms with E-state index in [0.717, 1.165) is 22.3 Å². The summed E-state index contributed by atoms with van der Waals surface area (Å²) in [6, 6.07) is 13.5. The first kappa shape index (κ1) is 13.8. The zero-order valence-electron chi connectivity index (χ0n) is 10.8.